The first kappa shape index (κ1) is 16.7. The van der Waals surface area contributed by atoms with Crippen LogP contribution in [0.2, 0.25) is 0 Å². The highest BCUT2D eigenvalue weighted by Crippen LogP contribution is 2.20. The molecule has 1 saturated heterocycles. The van der Waals surface area contributed by atoms with Gasteiger partial charge in [0.1, 0.15) is 13.2 Å². The zero-order valence-corrected chi connectivity index (χ0v) is 9.75. The molecule has 17 heavy (non-hydrogen) atoms. The molecule has 12 heteroatoms. The zero-order valence-electron chi connectivity index (χ0n) is 8.11. The van der Waals surface area contributed by atoms with E-state index >= 15 is 0 Å². The van der Waals surface area contributed by atoms with E-state index in [4.69, 9.17) is 17.7 Å². The summed E-state index contributed by atoms with van der Waals surface area (Å²) in [4.78, 5) is 0. The van der Waals surface area contributed by atoms with Crippen LogP contribution in [0.15, 0.2) is 0 Å². The Kier molecular flexibility index (Phi) is 6.43. The van der Waals surface area contributed by atoms with E-state index in [1.54, 1.807) is 0 Å². The summed E-state index contributed by atoms with van der Waals surface area (Å²) in [6, 6.07) is 0. The molecule has 5 nitrogen and oxygen atoms in total. The molecule has 0 amide bonds. The van der Waals surface area contributed by atoms with Crippen LogP contribution in [0.1, 0.15) is 0 Å². The second-order valence-electron chi connectivity index (χ2n) is 2.64. The number of ether oxygens (including phenoxy) is 1. The van der Waals surface area contributed by atoms with Crippen molar-refractivity contribution in [2.24, 2.45) is 0 Å². The minimum atomic E-state index is -6.09. The molecule has 1 aliphatic heterocycles. The predicted molar refractivity (Wildman–Crippen MR) is 46.1 cm³/mol. The molecule has 1 rings (SSSR count). The third-order valence-corrected chi connectivity index (χ3v) is 2.77. The number of rotatable bonds is 0. The molecule has 0 aliphatic carbocycles. The third-order valence-electron chi connectivity index (χ3n) is 1.45. The third kappa shape index (κ3) is 6.85. The van der Waals surface area contributed by atoms with Gasteiger partial charge in [-0.1, -0.05) is 7.77 Å². The van der Waals surface area contributed by atoms with E-state index in [1.807, 2.05) is 0 Å². The van der Waals surface area contributed by atoms with Gasteiger partial charge in [-0.05, 0) is 0 Å². The van der Waals surface area contributed by atoms with Crippen molar-refractivity contribution in [3.05, 3.63) is 0 Å². The van der Waals surface area contributed by atoms with Crippen LogP contribution < -0.4 is 0 Å². The predicted octanol–water partition coefficient (Wildman–Crippen LogP) is 0.651. The summed E-state index contributed by atoms with van der Waals surface area (Å²) in [5.74, 6) is 0. The number of hydrogen-bond donors (Lipinski definition) is 0. The molecule has 0 N–H and O–H groups in total. The molecule has 0 unspecified atom stereocenters. The first-order valence-corrected chi connectivity index (χ1v) is 6.36. The summed E-state index contributed by atoms with van der Waals surface area (Å²) in [5.41, 5.74) is -5.65. The van der Waals surface area contributed by atoms with Gasteiger partial charge in [-0.15, -0.1) is 3.95 Å². The summed E-state index contributed by atoms with van der Waals surface area (Å²) >= 11 is -2.55. The van der Waals surface area contributed by atoms with Crippen LogP contribution in [0.5, 0.6) is 0 Å². The van der Waals surface area contributed by atoms with Crippen molar-refractivity contribution in [1.82, 2.24) is 0 Å². The van der Waals surface area contributed by atoms with Crippen molar-refractivity contribution in [3.63, 3.8) is 0 Å². The van der Waals surface area contributed by atoms with E-state index in [0.29, 0.717) is 26.3 Å². The van der Waals surface area contributed by atoms with Crippen molar-refractivity contribution < 1.29 is 42.6 Å². The highest BCUT2D eigenvalue weighted by molar-refractivity contribution is 7.86. The van der Waals surface area contributed by atoms with Crippen LogP contribution in [0, 0.1) is 0 Å². The maximum atomic E-state index is 11.8. The summed E-state index contributed by atoms with van der Waals surface area (Å²) in [7, 11) is -6.09. The van der Waals surface area contributed by atoms with E-state index in [2.05, 4.69) is 0 Å². The molecule has 0 aromatic carbocycles. The highest BCUT2D eigenvalue weighted by atomic mass is 32.2. The number of halogens is 5. The molecule has 0 saturated carbocycles. The van der Waals surface area contributed by atoms with Gasteiger partial charge in [0.15, 0.2) is 23.2 Å². The van der Waals surface area contributed by atoms with Crippen molar-refractivity contribution in [1.29, 1.82) is 0 Å². The molecule has 1 aliphatic rings. The van der Waals surface area contributed by atoms with Crippen molar-refractivity contribution in [3.8, 4) is 0 Å². The van der Waals surface area contributed by atoms with Crippen LogP contribution in [-0.2, 0) is 26.3 Å². The van der Waals surface area contributed by atoms with Gasteiger partial charge in [-0.25, -0.2) is 8.42 Å². The van der Waals surface area contributed by atoms with Gasteiger partial charge in [0, 0.05) is 0 Å². The monoisotopic (exact) mass is 305 g/mol. The summed E-state index contributed by atoms with van der Waals surface area (Å²) in [5, 5.41) is 0. The normalized spacial score (nSPS) is 17.7. The minimum absolute atomic E-state index is 0.371. The van der Waals surface area contributed by atoms with Crippen molar-refractivity contribution >= 4 is 21.6 Å². The Balaban J connectivity index is 0.000000304. The maximum absolute atomic E-state index is 11.8. The van der Waals surface area contributed by atoms with E-state index in [0.717, 1.165) is 3.95 Å². The molecule has 0 aromatic heterocycles. The standard InChI is InChI=1S/C4H8F2NOS.CHF3O3S/c5-9(6)7-1-3-8-4-2-7;2-1(3,4)8(5,6)7/h1-4H2;(H,5,6,7)/q+1;/p-1. The minimum Gasteiger partial charge on any atom is -0.741 e. The second-order valence-corrected chi connectivity index (χ2v) is 4.92. The van der Waals surface area contributed by atoms with Crippen LogP contribution in [-0.4, -0.2) is 48.7 Å². The molecule has 104 valence electrons. The molecule has 0 atom stereocenters. The Bertz CT molecular complexity index is 366. The lowest BCUT2D eigenvalue weighted by Crippen LogP contribution is -2.28. The fourth-order valence-corrected chi connectivity index (χ4v) is 1.11. The molecule has 0 spiro atoms. The Morgan fingerprint density at radius 3 is 1.71 bits per heavy atom. The Hall–Kier alpha value is -0.330. The number of alkyl halides is 3. The number of hydrogen-bond acceptors (Lipinski definition) is 4. The summed E-state index contributed by atoms with van der Waals surface area (Å²) < 4.78 is 88.5. The maximum Gasteiger partial charge on any atom is 0.485 e. The average molecular weight is 305 g/mol. The van der Waals surface area contributed by atoms with E-state index in [9.17, 15) is 20.9 Å². The second kappa shape index (κ2) is 6.56. The molecule has 1 fully saturated rings. The molecule has 1 heterocycles. The lowest BCUT2D eigenvalue weighted by atomic mass is 10.5. The lowest BCUT2D eigenvalue weighted by molar-refractivity contribution is -0.530. The van der Waals surface area contributed by atoms with Gasteiger partial charge in [0.25, 0.3) is 0 Å². The van der Waals surface area contributed by atoms with Gasteiger partial charge < -0.3 is 9.29 Å². The van der Waals surface area contributed by atoms with Crippen LogP contribution in [0.4, 0.5) is 20.9 Å². The van der Waals surface area contributed by atoms with Gasteiger partial charge in [0.05, 0.1) is 0 Å². The number of nitrogens with zero attached hydrogens (tertiary/aromatic N) is 1. The Labute approximate surface area is 96.6 Å². The fraction of sp³-hybridized carbons (Fsp3) is 1.00. The van der Waals surface area contributed by atoms with Crippen LogP contribution >= 0.6 is 0 Å². The fourth-order valence-electron chi connectivity index (χ4n) is 0.685. The summed E-state index contributed by atoms with van der Waals surface area (Å²) in [6.45, 7) is 1.63. The van der Waals surface area contributed by atoms with Gasteiger partial charge in [-0.3, -0.25) is 0 Å². The van der Waals surface area contributed by atoms with E-state index in [-0.39, 0.29) is 0 Å². The smallest absolute Gasteiger partial charge is 0.485 e. The van der Waals surface area contributed by atoms with Gasteiger partial charge >= 0.3 is 17.0 Å². The van der Waals surface area contributed by atoms with E-state index in [1.165, 1.54) is 0 Å². The average Bonchev–Trinajstić information content (AvgIpc) is 2.17. The van der Waals surface area contributed by atoms with Gasteiger partial charge in [-0.2, -0.15) is 13.2 Å². The van der Waals surface area contributed by atoms with Gasteiger partial charge in [0.2, 0.25) is 0 Å². The largest absolute Gasteiger partial charge is 0.741 e. The summed E-state index contributed by atoms with van der Waals surface area (Å²) in [6.07, 6.45) is 0. The first-order chi connectivity index (χ1) is 7.55. The van der Waals surface area contributed by atoms with Crippen molar-refractivity contribution in [2.45, 2.75) is 5.51 Å². The Morgan fingerprint density at radius 1 is 1.18 bits per heavy atom. The molecular weight excluding hydrogens is 297 g/mol. The molecule has 0 aromatic rings. The molecular formula is C5H8F5NO4S2. The quantitative estimate of drug-likeness (QED) is 0.285. The number of morpholine rings is 1. The van der Waals surface area contributed by atoms with Crippen molar-refractivity contribution in [2.75, 3.05) is 26.3 Å². The zero-order chi connectivity index (χ0) is 13.7. The molecule has 0 bridgehead atoms. The van der Waals surface area contributed by atoms with Crippen LogP contribution in [0.25, 0.3) is 0 Å². The SMILES string of the molecule is FS(F)=[N+]1CCOCC1.O=S(=O)([O-])C(F)(F)F. The van der Waals surface area contributed by atoms with Crippen LogP contribution in [0.3, 0.4) is 0 Å². The highest BCUT2D eigenvalue weighted by Gasteiger charge is 2.36. The van der Waals surface area contributed by atoms with E-state index < -0.39 is 27.1 Å². The lowest BCUT2D eigenvalue weighted by Gasteiger charge is -2.08. The topological polar surface area (TPSA) is 69.4 Å². The molecule has 0 radical (unpaired) electrons. The first-order valence-electron chi connectivity index (χ1n) is 3.97. The Morgan fingerprint density at radius 2 is 1.53 bits per heavy atom.